The largest absolute Gasteiger partial charge is 0.618 e. The average Bonchev–Trinajstić information content (AvgIpc) is 2.59. The molecule has 2 amide bonds. The molecule has 0 unspecified atom stereocenters. The monoisotopic (exact) mass is 371 g/mol. The molecule has 0 fully saturated rings. The summed E-state index contributed by atoms with van der Waals surface area (Å²) in [4.78, 5) is 46.9. The van der Waals surface area contributed by atoms with E-state index in [4.69, 9.17) is 4.74 Å². The van der Waals surface area contributed by atoms with Crippen LogP contribution in [0.3, 0.4) is 0 Å². The third kappa shape index (κ3) is 5.36. The third-order valence-electron chi connectivity index (χ3n) is 3.32. The number of Topliss-reactive ketones (excluding diaryl/α,β-unsaturated/α-hetero) is 1. The molecule has 1 aromatic heterocycles. The zero-order valence-electron chi connectivity index (χ0n) is 14.6. The van der Waals surface area contributed by atoms with Gasteiger partial charge in [0.15, 0.2) is 12.8 Å². The predicted molar refractivity (Wildman–Crippen MR) is 95.1 cm³/mol. The van der Waals surface area contributed by atoms with Gasteiger partial charge in [-0.25, -0.2) is 4.79 Å². The zero-order valence-corrected chi connectivity index (χ0v) is 14.6. The molecule has 1 heterocycles. The van der Waals surface area contributed by atoms with Crippen LogP contribution in [-0.2, 0) is 14.3 Å². The molecule has 0 aliphatic carbocycles. The van der Waals surface area contributed by atoms with Gasteiger partial charge in [-0.05, 0) is 24.3 Å². The highest BCUT2D eigenvalue weighted by Gasteiger charge is 2.20. The van der Waals surface area contributed by atoms with E-state index in [0.29, 0.717) is 10.4 Å². The number of aromatic nitrogens is 1. The molecule has 0 radical (unpaired) electrons. The number of carbonyl (C=O) groups is 4. The standard InChI is InChI=1S/C18H17N3O6/c1-11(22)19-13-6-7-14(15(9-13)20-12(2)23)17(24)10-27-18(25)16-5-3-4-8-21(16)26/h3-9H,10H2,1-2H3,(H,19,22)(H,20,23). The fraction of sp³-hybridized carbons (Fsp3) is 0.167. The lowest BCUT2D eigenvalue weighted by atomic mass is 10.1. The lowest BCUT2D eigenvalue weighted by Gasteiger charge is -2.12. The first-order valence-electron chi connectivity index (χ1n) is 7.85. The fourth-order valence-electron chi connectivity index (χ4n) is 2.23. The SMILES string of the molecule is CC(=O)Nc1ccc(C(=O)COC(=O)c2cccc[n+]2[O-])c(NC(C)=O)c1. The number of hydrogen-bond donors (Lipinski definition) is 2. The van der Waals surface area contributed by atoms with E-state index in [1.807, 2.05) is 0 Å². The van der Waals surface area contributed by atoms with Crippen LogP contribution in [0, 0.1) is 5.21 Å². The van der Waals surface area contributed by atoms with Crippen molar-refractivity contribution in [1.29, 1.82) is 0 Å². The van der Waals surface area contributed by atoms with Gasteiger partial charge >= 0.3 is 11.7 Å². The summed E-state index contributed by atoms with van der Waals surface area (Å²) >= 11 is 0. The first kappa shape index (κ1) is 19.6. The number of amides is 2. The van der Waals surface area contributed by atoms with E-state index in [2.05, 4.69) is 10.6 Å². The highest BCUT2D eigenvalue weighted by molar-refractivity contribution is 6.07. The second-order valence-corrected chi connectivity index (χ2v) is 5.53. The molecule has 27 heavy (non-hydrogen) atoms. The summed E-state index contributed by atoms with van der Waals surface area (Å²) in [5.41, 5.74) is 0.383. The van der Waals surface area contributed by atoms with Gasteiger partial charge in [0.1, 0.15) is 0 Å². The summed E-state index contributed by atoms with van der Waals surface area (Å²) in [7, 11) is 0. The molecule has 0 bridgehead atoms. The van der Waals surface area contributed by atoms with Crippen molar-refractivity contribution in [2.75, 3.05) is 17.2 Å². The van der Waals surface area contributed by atoms with Gasteiger partial charge in [-0.15, -0.1) is 0 Å². The summed E-state index contributed by atoms with van der Waals surface area (Å²) in [6, 6.07) is 8.49. The van der Waals surface area contributed by atoms with Gasteiger partial charge in [0, 0.05) is 37.2 Å². The second-order valence-electron chi connectivity index (χ2n) is 5.53. The highest BCUT2D eigenvalue weighted by atomic mass is 16.5. The topological polar surface area (TPSA) is 129 Å². The van der Waals surface area contributed by atoms with E-state index < -0.39 is 24.3 Å². The number of esters is 1. The van der Waals surface area contributed by atoms with Crippen LogP contribution in [0.4, 0.5) is 11.4 Å². The van der Waals surface area contributed by atoms with Crippen LogP contribution in [0.2, 0.25) is 0 Å². The minimum atomic E-state index is -0.949. The number of benzene rings is 1. The Hall–Kier alpha value is -3.75. The molecule has 2 aromatic rings. The Morgan fingerprint density at radius 3 is 2.37 bits per heavy atom. The zero-order chi connectivity index (χ0) is 20.0. The van der Waals surface area contributed by atoms with E-state index >= 15 is 0 Å². The van der Waals surface area contributed by atoms with Crippen molar-refractivity contribution < 1.29 is 28.6 Å². The van der Waals surface area contributed by atoms with E-state index in [1.54, 1.807) is 0 Å². The molecular formula is C18H17N3O6. The number of pyridine rings is 1. The first-order chi connectivity index (χ1) is 12.8. The van der Waals surface area contributed by atoms with Crippen molar-refractivity contribution in [2.45, 2.75) is 13.8 Å². The summed E-state index contributed by atoms with van der Waals surface area (Å²) < 4.78 is 5.22. The highest BCUT2D eigenvalue weighted by Crippen LogP contribution is 2.22. The molecule has 0 saturated carbocycles. The summed E-state index contributed by atoms with van der Waals surface area (Å²) in [6.45, 7) is 1.96. The van der Waals surface area contributed by atoms with Crippen LogP contribution >= 0.6 is 0 Å². The van der Waals surface area contributed by atoms with Crippen LogP contribution in [-0.4, -0.2) is 30.2 Å². The van der Waals surface area contributed by atoms with Gasteiger partial charge in [0.2, 0.25) is 17.6 Å². The van der Waals surface area contributed by atoms with Crippen molar-refractivity contribution in [2.24, 2.45) is 0 Å². The Balaban J connectivity index is 2.16. The van der Waals surface area contributed by atoms with Crippen molar-refractivity contribution in [3.05, 3.63) is 59.1 Å². The Bertz CT molecular complexity index is 910. The molecule has 2 N–H and O–H groups in total. The number of ketones is 1. The summed E-state index contributed by atoms with van der Waals surface area (Å²) in [5.74, 6) is -2.27. The quantitative estimate of drug-likeness (QED) is 0.341. The molecule has 9 nitrogen and oxygen atoms in total. The molecule has 0 aliphatic rings. The molecule has 140 valence electrons. The minimum Gasteiger partial charge on any atom is -0.618 e. The normalized spacial score (nSPS) is 10.0. The molecule has 0 saturated heterocycles. The van der Waals surface area contributed by atoms with Crippen molar-refractivity contribution in [3.63, 3.8) is 0 Å². The lowest BCUT2D eigenvalue weighted by molar-refractivity contribution is -0.608. The third-order valence-corrected chi connectivity index (χ3v) is 3.32. The van der Waals surface area contributed by atoms with Gasteiger partial charge < -0.3 is 20.6 Å². The maximum Gasteiger partial charge on any atom is 0.405 e. The van der Waals surface area contributed by atoms with Crippen LogP contribution in [0.5, 0.6) is 0 Å². The minimum absolute atomic E-state index is 0.0927. The second kappa shape index (κ2) is 8.56. The van der Waals surface area contributed by atoms with Crippen molar-refractivity contribution in [3.8, 4) is 0 Å². The fourth-order valence-corrected chi connectivity index (χ4v) is 2.23. The van der Waals surface area contributed by atoms with Gasteiger partial charge in [-0.1, -0.05) is 0 Å². The molecular weight excluding hydrogens is 354 g/mol. The summed E-state index contributed by atoms with van der Waals surface area (Å²) in [6.07, 6.45) is 1.13. The average molecular weight is 371 g/mol. The van der Waals surface area contributed by atoms with E-state index in [0.717, 1.165) is 6.20 Å². The number of anilines is 2. The van der Waals surface area contributed by atoms with Gasteiger partial charge in [-0.3, -0.25) is 14.4 Å². The number of nitrogens with one attached hydrogen (secondary N) is 2. The van der Waals surface area contributed by atoms with Crippen LogP contribution < -0.4 is 15.4 Å². The number of carbonyl (C=O) groups excluding carboxylic acids is 4. The van der Waals surface area contributed by atoms with Crippen molar-refractivity contribution >= 4 is 34.9 Å². The number of ether oxygens (including phenoxy) is 1. The van der Waals surface area contributed by atoms with Gasteiger partial charge in [-0.2, -0.15) is 4.73 Å². The van der Waals surface area contributed by atoms with Gasteiger partial charge in [0.25, 0.3) is 0 Å². The first-order valence-corrected chi connectivity index (χ1v) is 7.85. The molecule has 0 spiro atoms. The Morgan fingerprint density at radius 1 is 1.04 bits per heavy atom. The van der Waals surface area contributed by atoms with Crippen LogP contribution in [0.15, 0.2) is 42.6 Å². The summed E-state index contributed by atoms with van der Waals surface area (Å²) in [5, 5.41) is 16.6. The molecule has 0 atom stereocenters. The Morgan fingerprint density at radius 2 is 1.74 bits per heavy atom. The maximum atomic E-state index is 12.4. The Kier molecular flexibility index (Phi) is 6.21. The van der Waals surface area contributed by atoms with Crippen molar-refractivity contribution in [1.82, 2.24) is 0 Å². The molecule has 2 rings (SSSR count). The number of rotatable bonds is 6. The van der Waals surface area contributed by atoms with Gasteiger partial charge in [0.05, 0.1) is 5.69 Å². The van der Waals surface area contributed by atoms with E-state index in [-0.39, 0.29) is 22.9 Å². The molecule has 1 aromatic carbocycles. The number of nitrogens with zero attached hydrogens (tertiary/aromatic N) is 1. The van der Waals surface area contributed by atoms with E-state index in [1.165, 1.54) is 50.2 Å². The van der Waals surface area contributed by atoms with Crippen LogP contribution in [0.1, 0.15) is 34.7 Å². The van der Waals surface area contributed by atoms with Crippen LogP contribution in [0.25, 0.3) is 0 Å². The van der Waals surface area contributed by atoms with E-state index in [9.17, 15) is 24.4 Å². The lowest BCUT2D eigenvalue weighted by Crippen LogP contribution is -2.35. The molecule has 9 heteroatoms. The maximum absolute atomic E-state index is 12.4. The number of hydrogen-bond acceptors (Lipinski definition) is 6. The Labute approximate surface area is 154 Å². The smallest absolute Gasteiger partial charge is 0.405 e. The molecule has 0 aliphatic heterocycles. The predicted octanol–water partition coefficient (Wildman–Crippen LogP) is 1.28.